The lowest BCUT2D eigenvalue weighted by Gasteiger charge is -2.17. The highest BCUT2D eigenvalue weighted by Gasteiger charge is 2.30. The third kappa shape index (κ3) is 6.02. The van der Waals surface area contributed by atoms with Gasteiger partial charge in [-0.05, 0) is 35.9 Å². The first-order valence-electron chi connectivity index (χ1n) is 9.17. The molecule has 31 heavy (non-hydrogen) atoms. The smallest absolute Gasteiger partial charge is 0.348 e. The number of nitrogens with one attached hydrogen (secondary N) is 1. The van der Waals surface area contributed by atoms with Crippen LogP contribution in [0.1, 0.15) is 23.7 Å². The Kier molecular flexibility index (Phi) is 6.86. The number of alkyl halides is 3. The zero-order valence-corrected chi connectivity index (χ0v) is 17.2. The molecule has 0 radical (unpaired) electrons. The number of hydrogen-bond acceptors (Lipinski definition) is 4. The molecule has 1 N–H and O–H groups in total. The van der Waals surface area contributed by atoms with Crippen LogP contribution in [0.25, 0.3) is 6.08 Å². The fourth-order valence-corrected chi connectivity index (χ4v) is 3.58. The van der Waals surface area contributed by atoms with Crippen molar-refractivity contribution in [2.24, 2.45) is 0 Å². The average Bonchev–Trinajstić information content (AvgIpc) is 3.19. The van der Waals surface area contributed by atoms with Crippen molar-refractivity contribution >= 4 is 40.0 Å². The molecule has 0 atom stereocenters. The molecule has 0 fully saturated rings. The topological polar surface area (TPSA) is 62.3 Å². The predicted octanol–water partition coefficient (Wildman–Crippen LogP) is 5.18. The summed E-state index contributed by atoms with van der Waals surface area (Å²) in [5.41, 5.74) is 0.737. The molecule has 0 aliphatic rings. The summed E-state index contributed by atoms with van der Waals surface area (Å²) in [6, 6.07) is 13.8. The van der Waals surface area contributed by atoms with Gasteiger partial charge in [-0.25, -0.2) is 4.98 Å². The molecule has 5 nitrogen and oxygen atoms in total. The van der Waals surface area contributed by atoms with Crippen LogP contribution in [0.2, 0.25) is 0 Å². The Balaban J connectivity index is 1.63. The number of benzene rings is 2. The number of thiazole rings is 1. The molecule has 3 rings (SSSR count). The van der Waals surface area contributed by atoms with Crippen molar-refractivity contribution in [2.75, 3.05) is 4.90 Å². The Bertz CT molecular complexity index is 1090. The molecule has 1 aromatic heterocycles. The number of anilines is 2. The van der Waals surface area contributed by atoms with Crippen molar-refractivity contribution in [1.29, 1.82) is 0 Å². The second-order valence-corrected chi connectivity index (χ2v) is 7.33. The molecule has 1 heterocycles. The van der Waals surface area contributed by atoms with Crippen molar-refractivity contribution in [2.45, 2.75) is 19.6 Å². The summed E-state index contributed by atoms with van der Waals surface area (Å²) < 4.78 is 38.3. The van der Waals surface area contributed by atoms with Crippen molar-refractivity contribution in [3.8, 4) is 0 Å². The fourth-order valence-electron chi connectivity index (χ4n) is 2.73. The highest BCUT2D eigenvalue weighted by Crippen LogP contribution is 2.30. The number of carbonyl (C=O) groups excluding carboxylic acids is 2. The number of rotatable bonds is 6. The van der Waals surface area contributed by atoms with Crippen molar-refractivity contribution < 1.29 is 22.8 Å². The van der Waals surface area contributed by atoms with Crippen molar-refractivity contribution in [3.05, 3.63) is 82.9 Å². The largest absolute Gasteiger partial charge is 0.416 e. The first-order chi connectivity index (χ1) is 14.7. The summed E-state index contributed by atoms with van der Waals surface area (Å²) in [6.45, 7) is 1.40. The van der Waals surface area contributed by atoms with Gasteiger partial charge < -0.3 is 5.32 Å². The molecule has 0 spiro atoms. The summed E-state index contributed by atoms with van der Waals surface area (Å²) in [5.74, 6) is -0.673. The second kappa shape index (κ2) is 9.57. The summed E-state index contributed by atoms with van der Waals surface area (Å²) in [6.07, 6.45) is -1.71. The SMILES string of the molecule is CC(=O)N(c1ccccc1)c1nc(/C=C/C(=O)NCc2cccc(C(F)(F)F)c2)cs1. The number of para-hydroxylation sites is 1. The lowest BCUT2D eigenvalue weighted by Crippen LogP contribution is -2.22. The number of halogens is 3. The molecule has 9 heteroatoms. The van der Waals surface area contributed by atoms with Gasteiger partial charge in [0.25, 0.3) is 0 Å². The van der Waals surface area contributed by atoms with E-state index in [1.807, 2.05) is 18.2 Å². The minimum atomic E-state index is -4.43. The van der Waals surface area contributed by atoms with Crippen LogP contribution in [0.5, 0.6) is 0 Å². The van der Waals surface area contributed by atoms with Crippen LogP contribution in [0.3, 0.4) is 0 Å². The monoisotopic (exact) mass is 445 g/mol. The minimum absolute atomic E-state index is 0.0401. The Morgan fingerprint density at radius 1 is 1.13 bits per heavy atom. The standard InChI is InChI=1S/C22H18F3N3O2S/c1-15(29)28(19-8-3-2-4-9-19)21-27-18(14-31-21)10-11-20(30)26-13-16-6-5-7-17(12-16)22(23,24)25/h2-12,14H,13H2,1H3,(H,26,30)/b11-10+. The van der Waals surface area contributed by atoms with E-state index in [0.29, 0.717) is 22.1 Å². The second-order valence-electron chi connectivity index (χ2n) is 6.49. The number of aromatic nitrogens is 1. The molecule has 0 bridgehead atoms. The molecule has 0 saturated heterocycles. The average molecular weight is 445 g/mol. The number of amides is 2. The lowest BCUT2D eigenvalue weighted by atomic mass is 10.1. The normalized spacial score (nSPS) is 11.5. The van der Waals surface area contributed by atoms with E-state index < -0.39 is 17.6 Å². The summed E-state index contributed by atoms with van der Waals surface area (Å²) in [4.78, 5) is 29.9. The molecule has 0 unspecified atom stereocenters. The third-order valence-electron chi connectivity index (χ3n) is 4.16. The van der Waals surface area contributed by atoms with Gasteiger partial charge in [-0.1, -0.05) is 30.3 Å². The molecule has 0 aliphatic carbocycles. The maximum atomic E-state index is 12.8. The molecule has 2 aromatic carbocycles. The summed E-state index contributed by atoms with van der Waals surface area (Å²) in [7, 11) is 0. The maximum absolute atomic E-state index is 12.8. The first kappa shape index (κ1) is 22.2. The third-order valence-corrected chi connectivity index (χ3v) is 5.00. The molecule has 160 valence electrons. The van der Waals surface area contributed by atoms with Gasteiger partial charge in [0.05, 0.1) is 16.9 Å². The highest BCUT2D eigenvalue weighted by atomic mass is 32.1. The van der Waals surface area contributed by atoms with Gasteiger partial charge in [0.1, 0.15) is 0 Å². The molecule has 3 aromatic rings. The Labute approximate surface area is 180 Å². The van der Waals surface area contributed by atoms with Crippen LogP contribution < -0.4 is 10.2 Å². The Morgan fingerprint density at radius 3 is 2.55 bits per heavy atom. The quantitative estimate of drug-likeness (QED) is 0.532. The van der Waals surface area contributed by atoms with E-state index in [0.717, 1.165) is 12.1 Å². The first-order valence-corrected chi connectivity index (χ1v) is 10.1. The maximum Gasteiger partial charge on any atom is 0.416 e. The molecular weight excluding hydrogens is 427 g/mol. The minimum Gasteiger partial charge on any atom is -0.348 e. The number of carbonyl (C=O) groups is 2. The highest BCUT2D eigenvalue weighted by molar-refractivity contribution is 7.14. The van der Waals surface area contributed by atoms with Crippen molar-refractivity contribution in [3.63, 3.8) is 0 Å². The Morgan fingerprint density at radius 2 is 1.87 bits per heavy atom. The zero-order chi connectivity index (χ0) is 22.4. The van der Waals surface area contributed by atoms with Gasteiger partial charge in [-0.2, -0.15) is 13.2 Å². The van der Waals surface area contributed by atoms with Gasteiger partial charge in [0.2, 0.25) is 11.8 Å². The van der Waals surface area contributed by atoms with Crippen LogP contribution in [-0.4, -0.2) is 16.8 Å². The predicted molar refractivity (Wildman–Crippen MR) is 114 cm³/mol. The van der Waals surface area contributed by atoms with E-state index in [2.05, 4.69) is 10.3 Å². The van der Waals surface area contributed by atoms with E-state index in [9.17, 15) is 22.8 Å². The number of nitrogens with zero attached hydrogens (tertiary/aromatic N) is 2. The van der Waals surface area contributed by atoms with Gasteiger partial charge in [-0.15, -0.1) is 11.3 Å². The lowest BCUT2D eigenvalue weighted by molar-refractivity contribution is -0.137. The van der Waals surface area contributed by atoms with Crippen LogP contribution in [-0.2, 0) is 22.3 Å². The van der Waals surface area contributed by atoms with E-state index >= 15 is 0 Å². The van der Waals surface area contributed by atoms with Gasteiger partial charge >= 0.3 is 6.18 Å². The fraction of sp³-hybridized carbons (Fsp3) is 0.136. The van der Waals surface area contributed by atoms with Crippen LogP contribution in [0.4, 0.5) is 24.0 Å². The van der Waals surface area contributed by atoms with Gasteiger partial charge in [0.15, 0.2) is 5.13 Å². The molecule has 0 aliphatic heterocycles. The summed E-state index contributed by atoms with van der Waals surface area (Å²) in [5, 5.41) is 4.70. The number of hydrogen-bond donors (Lipinski definition) is 1. The zero-order valence-electron chi connectivity index (χ0n) is 16.4. The van der Waals surface area contributed by atoms with Gasteiger partial charge in [-0.3, -0.25) is 14.5 Å². The van der Waals surface area contributed by atoms with Crippen LogP contribution >= 0.6 is 11.3 Å². The van der Waals surface area contributed by atoms with E-state index in [1.165, 1.54) is 47.4 Å². The van der Waals surface area contributed by atoms with E-state index in [4.69, 9.17) is 0 Å². The van der Waals surface area contributed by atoms with Gasteiger partial charge in [0, 0.05) is 24.9 Å². The summed E-state index contributed by atoms with van der Waals surface area (Å²) >= 11 is 1.25. The molecular formula is C22H18F3N3O2S. The van der Waals surface area contributed by atoms with Crippen LogP contribution in [0.15, 0.2) is 66.1 Å². The van der Waals surface area contributed by atoms with E-state index in [1.54, 1.807) is 17.5 Å². The van der Waals surface area contributed by atoms with Crippen LogP contribution in [0, 0.1) is 0 Å². The molecule has 0 saturated carbocycles. The molecule has 2 amide bonds. The van der Waals surface area contributed by atoms with E-state index in [-0.39, 0.29) is 12.5 Å². The van der Waals surface area contributed by atoms with Crippen molar-refractivity contribution in [1.82, 2.24) is 10.3 Å². The Hall–Kier alpha value is -3.46.